The van der Waals surface area contributed by atoms with E-state index in [0.717, 1.165) is 37.9 Å². The molecule has 1 saturated carbocycles. The molecule has 3 aromatic rings. The van der Waals surface area contributed by atoms with Crippen molar-refractivity contribution in [1.29, 1.82) is 0 Å². The number of carbonyl (C=O) groups excluding carboxylic acids is 1. The Morgan fingerprint density at radius 1 is 1.15 bits per heavy atom. The molecule has 7 rings (SSSR count). The normalized spacial score (nSPS) is 26.8. The van der Waals surface area contributed by atoms with Crippen molar-refractivity contribution in [1.82, 2.24) is 24.2 Å². The number of fused-ring (bicyclic) bond motifs is 4. The SMILES string of the molecule is O=C(c1cnn2c1OCCC2)N1CCC2(CC1)C[C@@H](C1c3ccccc3-c3cncn31)[C@H]2O. The lowest BCUT2D eigenvalue weighted by Gasteiger charge is -2.57. The van der Waals surface area contributed by atoms with E-state index in [1.807, 2.05) is 17.4 Å². The second kappa shape index (κ2) is 6.93. The molecule has 1 aromatic carbocycles. The summed E-state index contributed by atoms with van der Waals surface area (Å²) in [6, 6.07) is 8.60. The van der Waals surface area contributed by atoms with Gasteiger partial charge in [0.25, 0.3) is 5.91 Å². The number of benzene rings is 1. The van der Waals surface area contributed by atoms with Gasteiger partial charge < -0.3 is 19.3 Å². The van der Waals surface area contributed by atoms with E-state index in [4.69, 9.17) is 4.74 Å². The number of rotatable bonds is 2. The van der Waals surface area contributed by atoms with Crippen molar-refractivity contribution in [3.63, 3.8) is 0 Å². The first kappa shape index (κ1) is 19.3. The second-order valence-corrected chi connectivity index (χ2v) is 9.97. The van der Waals surface area contributed by atoms with E-state index in [1.165, 1.54) is 11.1 Å². The van der Waals surface area contributed by atoms with Crippen LogP contribution in [-0.4, -0.2) is 61.0 Å². The molecule has 2 fully saturated rings. The van der Waals surface area contributed by atoms with Crippen LogP contribution < -0.4 is 4.74 Å². The van der Waals surface area contributed by atoms with Gasteiger partial charge in [0.2, 0.25) is 5.88 Å². The van der Waals surface area contributed by atoms with Crippen LogP contribution in [-0.2, 0) is 6.54 Å². The molecule has 4 aliphatic rings. The molecule has 8 heteroatoms. The lowest BCUT2D eigenvalue weighted by molar-refractivity contribution is -0.154. The lowest BCUT2D eigenvalue weighted by Crippen LogP contribution is -2.59. The largest absolute Gasteiger partial charge is 0.477 e. The van der Waals surface area contributed by atoms with E-state index in [9.17, 15) is 9.90 Å². The molecule has 8 nitrogen and oxygen atoms in total. The van der Waals surface area contributed by atoms with Crippen molar-refractivity contribution < 1.29 is 14.6 Å². The van der Waals surface area contributed by atoms with E-state index in [-0.39, 0.29) is 29.4 Å². The molecule has 1 amide bonds. The number of nitrogens with zero attached hydrogens (tertiary/aromatic N) is 5. The first-order valence-corrected chi connectivity index (χ1v) is 11.9. The summed E-state index contributed by atoms with van der Waals surface area (Å²) in [4.78, 5) is 19.4. The van der Waals surface area contributed by atoms with Gasteiger partial charge in [-0.1, -0.05) is 24.3 Å². The molecule has 5 heterocycles. The molecule has 1 N–H and O–H groups in total. The molecule has 1 aliphatic carbocycles. The first-order valence-electron chi connectivity index (χ1n) is 11.9. The minimum absolute atomic E-state index is 0.00820. The molecule has 1 unspecified atom stereocenters. The number of hydrogen-bond acceptors (Lipinski definition) is 5. The zero-order valence-corrected chi connectivity index (χ0v) is 18.4. The summed E-state index contributed by atoms with van der Waals surface area (Å²) in [5.74, 6) is 0.761. The highest BCUT2D eigenvalue weighted by molar-refractivity contribution is 5.96. The summed E-state index contributed by atoms with van der Waals surface area (Å²) in [5, 5.41) is 15.8. The zero-order valence-electron chi connectivity index (χ0n) is 18.4. The highest BCUT2D eigenvalue weighted by atomic mass is 16.5. The number of carbonyl (C=O) groups is 1. The Balaban J connectivity index is 1.07. The van der Waals surface area contributed by atoms with Gasteiger partial charge in [-0.15, -0.1) is 0 Å². The van der Waals surface area contributed by atoms with Gasteiger partial charge in [0.05, 0.1) is 43.2 Å². The van der Waals surface area contributed by atoms with Crippen molar-refractivity contribution >= 4 is 5.91 Å². The van der Waals surface area contributed by atoms with Crippen LogP contribution in [0.3, 0.4) is 0 Å². The van der Waals surface area contributed by atoms with Crippen LogP contribution >= 0.6 is 0 Å². The Hall–Kier alpha value is -3.13. The Kier molecular flexibility index (Phi) is 4.07. The Labute approximate surface area is 191 Å². The highest BCUT2D eigenvalue weighted by Gasteiger charge is 2.58. The van der Waals surface area contributed by atoms with Crippen LogP contribution in [0.5, 0.6) is 5.88 Å². The van der Waals surface area contributed by atoms with Crippen molar-refractivity contribution in [2.24, 2.45) is 11.3 Å². The number of aromatic nitrogens is 4. The number of aliphatic hydroxyl groups excluding tert-OH is 1. The van der Waals surface area contributed by atoms with Crippen LogP contribution in [0.1, 0.15) is 47.6 Å². The Morgan fingerprint density at radius 2 is 2.00 bits per heavy atom. The van der Waals surface area contributed by atoms with Crippen molar-refractivity contribution in [3.05, 3.63) is 54.1 Å². The highest BCUT2D eigenvalue weighted by Crippen LogP contribution is 2.59. The van der Waals surface area contributed by atoms with E-state index in [2.05, 4.69) is 38.9 Å². The monoisotopic (exact) mass is 445 g/mol. The molecule has 1 spiro atoms. The van der Waals surface area contributed by atoms with E-state index >= 15 is 0 Å². The fourth-order valence-electron chi connectivity index (χ4n) is 6.63. The predicted molar refractivity (Wildman–Crippen MR) is 120 cm³/mol. The summed E-state index contributed by atoms with van der Waals surface area (Å²) >= 11 is 0. The van der Waals surface area contributed by atoms with Crippen molar-refractivity contribution in [3.8, 4) is 17.1 Å². The number of aryl methyl sites for hydroxylation is 1. The van der Waals surface area contributed by atoms with Gasteiger partial charge in [-0.3, -0.25) is 4.79 Å². The minimum Gasteiger partial charge on any atom is -0.477 e. The second-order valence-electron chi connectivity index (χ2n) is 9.97. The van der Waals surface area contributed by atoms with Gasteiger partial charge in [-0.05, 0) is 24.8 Å². The van der Waals surface area contributed by atoms with Crippen LogP contribution in [0.2, 0.25) is 0 Å². The van der Waals surface area contributed by atoms with Gasteiger partial charge in [-0.25, -0.2) is 9.67 Å². The molecule has 33 heavy (non-hydrogen) atoms. The molecule has 0 bridgehead atoms. The quantitative estimate of drug-likeness (QED) is 0.656. The molecule has 170 valence electrons. The van der Waals surface area contributed by atoms with Gasteiger partial charge in [-0.2, -0.15) is 5.10 Å². The summed E-state index contributed by atoms with van der Waals surface area (Å²) in [6.45, 7) is 2.74. The minimum atomic E-state index is -0.381. The fraction of sp³-hybridized carbons (Fsp3) is 0.480. The lowest BCUT2D eigenvalue weighted by atomic mass is 9.53. The van der Waals surface area contributed by atoms with Gasteiger partial charge in [0.1, 0.15) is 5.56 Å². The average Bonchev–Trinajstić information content (AvgIpc) is 3.57. The summed E-state index contributed by atoms with van der Waals surface area (Å²) in [5.41, 5.74) is 4.10. The van der Waals surface area contributed by atoms with Crippen LogP contribution in [0.25, 0.3) is 11.3 Å². The van der Waals surface area contributed by atoms with Gasteiger partial charge in [0.15, 0.2) is 0 Å². The number of imidazole rings is 1. The summed E-state index contributed by atoms with van der Waals surface area (Å²) in [6.07, 6.45) is 8.61. The Morgan fingerprint density at radius 3 is 2.85 bits per heavy atom. The van der Waals surface area contributed by atoms with E-state index in [1.54, 1.807) is 10.9 Å². The third kappa shape index (κ3) is 2.64. The predicted octanol–water partition coefficient (Wildman–Crippen LogP) is 2.74. The van der Waals surface area contributed by atoms with Crippen molar-refractivity contribution in [2.75, 3.05) is 19.7 Å². The smallest absolute Gasteiger partial charge is 0.260 e. The maximum atomic E-state index is 13.2. The molecule has 3 aliphatic heterocycles. The van der Waals surface area contributed by atoms with Gasteiger partial charge >= 0.3 is 0 Å². The maximum absolute atomic E-state index is 13.2. The van der Waals surface area contributed by atoms with Crippen LogP contribution in [0.15, 0.2) is 43.0 Å². The third-order valence-electron chi connectivity index (χ3n) is 8.42. The maximum Gasteiger partial charge on any atom is 0.260 e. The molecule has 2 aromatic heterocycles. The number of aliphatic hydroxyl groups is 1. The van der Waals surface area contributed by atoms with Crippen LogP contribution in [0, 0.1) is 11.3 Å². The van der Waals surface area contributed by atoms with Gasteiger partial charge in [0, 0.05) is 43.0 Å². The standard InChI is InChI=1S/C25H27N5O3/c31-22-18(21-17-5-2-1-4-16(17)20-14-26-15-29(20)21)12-25(22)6-9-28(10-7-25)23(32)19-13-27-30-8-3-11-33-24(19)30/h1-2,4-5,13-15,18,21-22,31H,3,6-12H2/t18-,21?,22+/m0/s1. The summed E-state index contributed by atoms with van der Waals surface area (Å²) in [7, 11) is 0. The molecule has 1 saturated heterocycles. The zero-order chi connectivity index (χ0) is 22.2. The van der Waals surface area contributed by atoms with Crippen LogP contribution in [0.4, 0.5) is 0 Å². The van der Waals surface area contributed by atoms with Crippen molar-refractivity contribution in [2.45, 2.75) is 44.4 Å². The fourth-order valence-corrected chi connectivity index (χ4v) is 6.63. The summed E-state index contributed by atoms with van der Waals surface area (Å²) < 4.78 is 9.74. The third-order valence-corrected chi connectivity index (χ3v) is 8.42. The topological polar surface area (TPSA) is 85.4 Å². The molecule has 0 radical (unpaired) electrons. The number of amides is 1. The molecule has 3 atom stereocenters. The molecular formula is C25H27N5O3. The van der Waals surface area contributed by atoms with E-state index < -0.39 is 0 Å². The number of hydrogen-bond donors (Lipinski definition) is 1. The molecular weight excluding hydrogens is 418 g/mol. The number of piperidine rings is 1. The average molecular weight is 446 g/mol. The van der Waals surface area contributed by atoms with E-state index in [0.29, 0.717) is 31.1 Å². The number of likely N-dealkylation sites (tertiary alicyclic amines) is 1. The Bertz CT molecular complexity index is 1240. The first-order chi connectivity index (χ1) is 16.2. The number of ether oxygens (including phenoxy) is 1.